The van der Waals surface area contributed by atoms with Crippen molar-refractivity contribution in [3.8, 4) is 0 Å². The van der Waals surface area contributed by atoms with Crippen molar-refractivity contribution in [2.75, 3.05) is 11.9 Å². The number of nitrogens with zero attached hydrogens (tertiary/aromatic N) is 1. The first-order chi connectivity index (χ1) is 7.27. The van der Waals surface area contributed by atoms with Crippen LogP contribution in [0.4, 0.5) is 5.82 Å². The highest BCUT2D eigenvalue weighted by Crippen LogP contribution is 2.21. The Morgan fingerprint density at radius 3 is 3.07 bits per heavy atom. The number of pyridine rings is 1. The van der Waals surface area contributed by atoms with Crippen molar-refractivity contribution in [2.24, 2.45) is 5.73 Å². The van der Waals surface area contributed by atoms with Crippen LogP contribution in [0.1, 0.15) is 24.5 Å². The molecular weight excluding hydrogens is 190 g/mol. The van der Waals surface area contributed by atoms with Crippen LogP contribution in [0, 0.1) is 0 Å². The minimum Gasteiger partial charge on any atom is -0.371 e. The van der Waals surface area contributed by atoms with Crippen LogP contribution >= 0.6 is 0 Å². The standard InChI is InChI=1S/C11H17N3O/c1-2-8-6-10(15)14-5-3-4-13-11(14)9(8)7-12/h6,13H,2-5,7,12H2,1H3. The number of anilines is 1. The maximum Gasteiger partial charge on any atom is 0.252 e. The van der Waals surface area contributed by atoms with E-state index in [0.717, 1.165) is 42.9 Å². The van der Waals surface area contributed by atoms with E-state index in [1.54, 1.807) is 10.6 Å². The molecule has 0 unspecified atom stereocenters. The van der Waals surface area contributed by atoms with Crippen LogP contribution in [-0.4, -0.2) is 11.1 Å². The number of fused-ring (bicyclic) bond motifs is 1. The molecule has 2 heterocycles. The van der Waals surface area contributed by atoms with E-state index >= 15 is 0 Å². The highest BCUT2D eigenvalue weighted by atomic mass is 16.1. The quantitative estimate of drug-likeness (QED) is 0.750. The molecule has 2 rings (SSSR count). The van der Waals surface area contributed by atoms with Crippen LogP contribution in [0.5, 0.6) is 0 Å². The minimum atomic E-state index is 0.0891. The van der Waals surface area contributed by atoms with Gasteiger partial charge in [0, 0.05) is 31.3 Å². The van der Waals surface area contributed by atoms with Crippen molar-refractivity contribution in [2.45, 2.75) is 32.9 Å². The number of hydrogen-bond donors (Lipinski definition) is 2. The van der Waals surface area contributed by atoms with Gasteiger partial charge < -0.3 is 11.1 Å². The van der Waals surface area contributed by atoms with Crippen molar-refractivity contribution in [3.05, 3.63) is 27.5 Å². The number of nitrogens with one attached hydrogen (secondary N) is 1. The first kappa shape index (κ1) is 10.2. The summed E-state index contributed by atoms with van der Waals surface area (Å²) >= 11 is 0. The molecule has 0 aromatic carbocycles. The van der Waals surface area contributed by atoms with E-state index in [-0.39, 0.29) is 5.56 Å². The Kier molecular flexibility index (Phi) is 2.77. The zero-order valence-corrected chi connectivity index (χ0v) is 9.05. The Morgan fingerprint density at radius 1 is 1.60 bits per heavy atom. The monoisotopic (exact) mass is 207 g/mol. The molecule has 0 radical (unpaired) electrons. The normalized spacial score (nSPS) is 14.5. The molecule has 4 heteroatoms. The van der Waals surface area contributed by atoms with Gasteiger partial charge >= 0.3 is 0 Å². The predicted molar refractivity (Wildman–Crippen MR) is 61.1 cm³/mol. The van der Waals surface area contributed by atoms with Gasteiger partial charge in [0.15, 0.2) is 0 Å². The largest absolute Gasteiger partial charge is 0.371 e. The average molecular weight is 207 g/mol. The van der Waals surface area contributed by atoms with Crippen molar-refractivity contribution >= 4 is 5.82 Å². The first-order valence-corrected chi connectivity index (χ1v) is 5.47. The second-order valence-corrected chi connectivity index (χ2v) is 3.82. The van der Waals surface area contributed by atoms with Gasteiger partial charge in [-0.15, -0.1) is 0 Å². The average Bonchev–Trinajstić information content (AvgIpc) is 2.29. The summed E-state index contributed by atoms with van der Waals surface area (Å²) in [6, 6.07) is 1.72. The molecule has 82 valence electrons. The third-order valence-corrected chi connectivity index (χ3v) is 2.94. The first-order valence-electron chi connectivity index (χ1n) is 5.47. The zero-order chi connectivity index (χ0) is 10.8. The summed E-state index contributed by atoms with van der Waals surface area (Å²) in [5.74, 6) is 0.938. The lowest BCUT2D eigenvalue weighted by Crippen LogP contribution is -2.31. The molecule has 1 aromatic heterocycles. The molecule has 0 aliphatic carbocycles. The van der Waals surface area contributed by atoms with Crippen LogP contribution in [0.3, 0.4) is 0 Å². The highest BCUT2D eigenvalue weighted by Gasteiger charge is 2.15. The molecule has 0 fully saturated rings. The third kappa shape index (κ3) is 1.65. The SMILES string of the molecule is CCc1cc(=O)n2c(c1CN)NCCC2. The number of hydrogen-bond acceptors (Lipinski definition) is 3. The third-order valence-electron chi connectivity index (χ3n) is 2.94. The molecule has 1 aliphatic rings. The number of aromatic nitrogens is 1. The molecule has 0 saturated heterocycles. The molecule has 0 atom stereocenters. The molecule has 0 spiro atoms. The Balaban J connectivity index is 2.65. The second kappa shape index (κ2) is 4.06. The summed E-state index contributed by atoms with van der Waals surface area (Å²) in [6.07, 6.45) is 1.86. The van der Waals surface area contributed by atoms with Gasteiger partial charge in [0.2, 0.25) is 0 Å². The van der Waals surface area contributed by atoms with Gasteiger partial charge in [0.25, 0.3) is 5.56 Å². The van der Waals surface area contributed by atoms with E-state index in [2.05, 4.69) is 5.32 Å². The molecule has 4 nitrogen and oxygen atoms in total. The molecule has 15 heavy (non-hydrogen) atoms. The Morgan fingerprint density at radius 2 is 2.40 bits per heavy atom. The van der Waals surface area contributed by atoms with Gasteiger partial charge in [0.05, 0.1) is 0 Å². The van der Waals surface area contributed by atoms with Crippen LogP contribution in [-0.2, 0) is 19.5 Å². The van der Waals surface area contributed by atoms with Crippen molar-refractivity contribution in [1.29, 1.82) is 0 Å². The summed E-state index contributed by atoms with van der Waals surface area (Å²) in [7, 11) is 0. The minimum absolute atomic E-state index is 0.0891. The fourth-order valence-electron chi connectivity index (χ4n) is 2.15. The Bertz CT molecular complexity index is 423. The van der Waals surface area contributed by atoms with E-state index in [0.29, 0.717) is 6.54 Å². The maximum atomic E-state index is 11.8. The van der Waals surface area contributed by atoms with E-state index in [4.69, 9.17) is 5.73 Å². The van der Waals surface area contributed by atoms with Gasteiger partial charge in [-0.05, 0) is 18.4 Å². The molecule has 1 aromatic rings. The molecule has 1 aliphatic heterocycles. The van der Waals surface area contributed by atoms with Gasteiger partial charge in [0.1, 0.15) is 5.82 Å². The van der Waals surface area contributed by atoms with E-state index < -0.39 is 0 Å². The molecular formula is C11H17N3O. The number of nitrogens with two attached hydrogens (primary N) is 1. The summed E-state index contributed by atoms with van der Waals surface area (Å²) in [6.45, 7) is 4.28. The van der Waals surface area contributed by atoms with Gasteiger partial charge in [-0.3, -0.25) is 9.36 Å². The van der Waals surface area contributed by atoms with Gasteiger partial charge in [-0.25, -0.2) is 0 Å². The van der Waals surface area contributed by atoms with Crippen LogP contribution in [0.25, 0.3) is 0 Å². The van der Waals surface area contributed by atoms with E-state index in [1.165, 1.54) is 0 Å². The smallest absolute Gasteiger partial charge is 0.252 e. The predicted octanol–water partition coefficient (Wildman–Crippen LogP) is 0.685. The lowest BCUT2D eigenvalue weighted by Gasteiger charge is -2.24. The second-order valence-electron chi connectivity index (χ2n) is 3.82. The molecule has 0 amide bonds. The number of rotatable bonds is 2. The van der Waals surface area contributed by atoms with Crippen molar-refractivity contribution in [1.82, 2.24) is 4.57 Å². The van der Waals surface area contributed by atoms with Crippen LogP contribution < -0.4 is 16.6 Å². The zero-order valence-electron chi connectivity index (χ0n) is 9.05. The van der Waals surface area contributed by atoms with Gasteiger partial charge in [-0.1, -0.05) is 6.92 Å². The number of aryl methyl sites for hydroxylation is 1. The van der Waals surface area contributed by atoms with Gasteiger partial charge in [-0.2, -0.15) is 0 Å². The van der Waals surface area contributed by atoms with Crippen LogP contribution in [0.2, 0.25) is 0 Å². The molecule has 0 saturated carbocycles. The maximum absolute atomic E-state index is 11.8. The van der Waals surface area contributed by atoms with Crippen molar-refractivity contribution < 1.29 is 0 Å². The van der Waals surface area contributed by atoms with E-state index in [1.807, 2.05) is 6.92 Å². The Hall–Kier alpha value is -1.29. The fourth-order valence-corrected chi connectivity index (χ4v) is 2.15. The lowest BCUT2D eigenvalue weighted by atomic mass is 10.1. The molecule has 0 bridgehead atoms. The highest BCUT2D eigenvalue weighted by molar-refractivity contribution is 5.50. The Labute approximate surface area is 89.1 Å². The van der Waals surface area contributed by atoms with Crippen molar-refractivity contribution in [3.63, 3.8) is 0 Å². The summed E-state index contributed by atoms with van der Waals surface area (Å²) < 4.78 is 1.80. The fraction of sp³-hybridized carbons (Fsp3) is 0.545. The summed E-state index contributed by atoms with van der Waals surface area (Å²) in [5.41, 5.74) is 8.00. The lowest BCUT2D eigenvalue weighted by molar-refractivity contribution is 0.602. The summed E-state index contributed by atoms with van der Waals surface area (Å²) in [4.78, 5) is 11.8. The topological polar surface area (TPSA) is 60.0 Å². The van der Waals surface area contributed by atoms with E-state index in [9.17, 15) is 4.79 Å². The van der Waals surface area contributed by atoms with Crippen LogP contribution in [0.15, 0.2) is 10.9 Å². The molecule has 3 N–H and O–H groups in total. The summed E-state index contributed by atoms with van der Waals surface area (Å²) in [5, 5.41) is 3.28.